The molecule has 0 saturated carbocycles. The van der Waals surface area contributed by atoms with Crippen LogP contribution in [0, 0.1) is 0 Å². The van der Waals surface area contributed by atoms with Crippen molar-refractivity contribution in [1.29, 1.82) is 0 Å². The van der Waals surface area contributed by atoms with Crippen molar-refractivity contribution < 1.29 is 9.84 Å². The number of ether oxygens (including phenoxy) is 1. The quantitative estimate of drug-likeness (QED) is 0.667. The molecule has 1 aromatic rings. The molecule has 2 nitrogen and oxygen atoms in total. The van der Waals surface area contributed by atoms with Crippen LogP contribution in [-0.2, 0) is 4.74 Å². The molecular weight excluding hydrogens is 276 g/mol. The van der Waals surface area contributed by atoms with Crippen molar-refractivity contribution in [3.05, 3.63) is 28.2 Å². The fourth-order valence-corrected chi connectivity index (χ4v) is 2.81. The first-order chi connectivity index (χ1) is 7.15. The Morgan fingerprint density at radius 2 is 2.27 bits per heavy atom. The fourth-order valence-electron chi connectivity index (χ4n) is 1.21. The lowest BCUT2D eigenvalue weighted by molar-refractivity contribution is 0.196. The van der Waals surface area contributed by atoms with Gasteiger partial charge in [-0.05, 0) is 24.6 Å². The summed E-state index contributed by atoms with van der Waals surface area (Å²) >= 11 is 5.13. The third-order valence-corrected chi connectivity index (χ3v) is 3.50. The first-order valence-corrected chi connectivity index (χ1v) is 6.52. The van der Waals surface area contributed by atoms with Gasteiger partial charge in [0.1, 0.15) is 0 Å². The number of halogens is 1. The van der Waals surface area contributed by atoms with Gasteiger partial charge in [0.05, 0.1) is 12.7 Å². The fraction of sp³-hybridized carbons (Fsp3) is 0.455. The van der Waals surface area contributed by atoms with E-state index in [2.05, 4.69) is 15.9 Å². The van der Waals surface area contributed by atoms with E-state index in [1.165, 1.54) is 0 Å². The van der Waals surface area contributed by atoms with Gasteiger partial charge in [0.25, 0.3) is 0 Å². The number of benzene rings is 1. The number of hydrogen-bond acceptors (Lipinski definition) is 3. The van der Waals surface area contributed by atoms with Crippen LogP contribution in [-0.4, -0.2) is 24.6 Å². The Labute approximate surface area is 103 Å². The summed E-state index contributed by atoms with van der Waals surface area (Å²) in [5.74, 6) is 0.896. The van der Waals surface area contributed by atoms with E-state index in [9.17, 15) is 5.11 Å². The number of aliphatic hydroxyl groups excluding tert-OH is 1. The molecule has 84 valence electrons. The molecule has 0 aliphatic heterocycles. The number of methoxy groups -OCH3 is 1. The molecule has 0 saturated heterocycles. The molecule has 4 heteroatoms. The van der Waals surface area contributed by atoms with Crippen LogP contribution in [0.1, 0.15) is 18.6 Å². The Hall–Kier alpha value is -0.0300. The SMILES string of the molecule is COCCSc1cc(Br)ccc1C(C)O. The Balaban J connectivity index is 2.77. The molecule has 0 heterocycles. The first-order valence-electron chi connectivity index (χ1n) is 4.74. The van der Waals surface area contributed by atoms with E-state index >= 15 is 0 Å². The Morgan fingerprint density at radius 1 is 1.53 bits per heavy atom. The molecule has 0 bridgehead atoms. The molecule has 15 heavy (non-hydrogen) atoms. The van der Waals surface area contributed by atoms with Gasteiger partial charge in [-0.1, -0.05) is 22.0 Å². The number of aliphatic hydroxyl groups is 1. The number of hydrogen-bond donors (Lipinski definition) is 1. The largest absolute Gasteiger partial charge is 0.389 e. The van der Waals surface area contributed by atoms with Crippen molar-refractivity contribution in [2.45, 2.75) is 17.9 Å². The van der Waals surface area contributed by atoms with Gasteiger partial charge in [-0.2, -0.15) is 0 Å². The summed E-state index contributed by atoms with van der Waals surface area (Å²) in [5, 5.41) is 9.59. The minimum absolute atomic E-state index is 0.428. The third kappa shape index (κ3) is 4.15. The molecule has 1 atom stereocenters. The predicted octanol–water partition coefficient (Wildman–Crippen LogP) is 3.24. The van der Waals surface area contributed by atoms with Crippen molar-refractivity contribution in [3.8, 4) is 0 Å². The molecule has 0 amide bonds. The van der Waals surface area contributed by atoms with Crippen LogP contribution in [0.15, 0.2) is 27.6 Å². The molecule has 0 aromatic heterocycles. The Kier molecular flexibility index (Phi) is 5.68. The minimum Gasteiger partial charge on any atom is -0.389 e. The number of rotatable bonds is 5. The lowest BCUT2D eigenvalue weighted by Gasteiger charge is -2.11. The summed E-state index contributed by atoms with van der Waals surface area (Å²) in [7, 11) is 1.69. The molecule has 0 radical (unpaired) electrons. The first kappa shape index (κ1) is 13.0. The van der Waals surface area contributed by atoms with E-state index in [1.807, 2.05) is 18.2 Å². The predicted molar refractivity (Wildman–Crippen MR) is 67.4 cm³/mol. The standard InChI is InChI=1S/C11H15BrO2S/c1-8(13)10-4-3-9(12)7-11(10)15-6-5-14-2/h3-4,7-8,13H,5-6H2,1-2H3. The van der Waals surface area contributed by atoms with Crippen molar-refractivity contribution >= 4 is 27.7 Å². The van der Waals surface area contributed by atoms with Crippen LogP contribution < -0.4 is 0 Å². The van der Waals surface area contributed by atoms with Gasteiger partial charge in [0.2, 0.25) is 0 Å². The van der Waals surface area contributed by atoms with Gasteiger partial charge in [0, 0.05) is 22.2 Å². The summed E-state index contributed by atoms with van der Waals surface area (Å²) in [4.78, 5) is 1.11. The smallest absolute Gasteiger partial charge is 0.0772 e. The molecule has 0 aliphatic rings. The average Bonchev–Trinajstić information content (AvgIpc) is 2.18. The molecule has 0 spiro atoms. The summed E-state index contributed by atoms with van der Waals surface area (Å²) in [6.45, 7) is 2.50. The lowest BCUT2D eigenvalue weighted by Crippen LogP contribution is -1.97. The zero-order chi connectivity index (χ0) is 11.3. The van der Waals surface area contributed by atoms with Gasteiger partial charge in [-0.3, -0.25) is 0 Å². The van der Waals surface area contributed by atoms with E-state index in [0.717, 1.165) is 27.3 Å². The summed E-state index contributed by atoms with van der Waals surface area (Å²) in [5.41, 5.74) is 0.972. The van der Waals surface area contributed by atoms with E-state index in [4.69, 9.17) is 4.74 Å². The van der Waals surface area contributed by atoms with Crippen LogP contribution in [0.25, 0.3) is 0 Å². The normalized spacial score (nSPS) is 12.8. The van der Waals surface area contributed by atoms with E-state index < -0.39 is 6.10 Å². The second kappa shape index (κ2) is 6.53. The van der Waals surface area contributed by atoms with Crippen molar-refractivity contribution in [1.82, 2.24) is 0 Å². The Morgan fingerprint density at radius 3 is 2.87 bits per heavy atom. The Bertz CT molecular complexity index is 315. The van der Waals surface area contributed by atoms with E-state index in [1.54, 1.807) is 25.8 Å². The molecule has 1 aromatic carbocycles. The van der Waals surface area contributed by atoms with Crippen molar-refractivity contribution in [3.63, 3.8) is 0 Å². The topological polar surface area (TPSA) is 29.5 Å². The average molecular weight is 291 g/mol. The zero-order valence-electron chi connectivity index (χ0n) is 8.87. The second-order valence-corrected chi connectivity index (χ2v) is 5.25. The van der Waals surface area contributed by atoms with Gasteiger partial charge in [0.15, 0.2) is 0 Å². The molecule has 1 rings (SSSR count). The monoisotopic (exact) mass is 290 g/mol. The van der Waals surface area contributed by atoms with Gasteiger partial charge in [-0.15, -0.1) is 11.8 Å². The van der Waals surface area contributed by atoms with E-state index in [-0.39, 0.29) is 0 Å². The third-order valence-electron chi connectivity index (χ3n) is 1.97. The molecule has 1 N–H and O–H groups in total. The van der Waals surface area contributed by atoms with E-state index in [0.29, 0.717) is 0 Å². The summed E-state index contributed by atoms with van der Waals surface area (Å²) < 4.78 is 6.03. The van der Waals surface area contributed by atoms with Crippen LogP contribution in [0.2, 0.25) is 0 Å². The van der Waals surface area contributed by atoms with Gasteiger partial charge < -0.3 is 9.84 Å². The highest BCUT2D eigenvalue weighted by Crippen LogP contribution is 2.30. The highest BCUT2D eigenvalue weighted by Gasteiger charge is 2.08. The highest BCUT2D eigenvalue weighted by molar-refractivity contribution is 9.10. The van der Waals surface area contributed by atoms with Crippen molar-refractivity contribution in [2.24, 2.45) is 0 Å². The highest BCUT2D eigenvalue weighted by atomic mass is 79.9. The van der Waals surface area contributed by atoms with Crippen LogP contribution in [0.3, 0.4) is 0 Å². The maximum atomic E-state index is 9.59. The summed E-state index contributed by atoms with van der Waals surface area (Å²) in [6, 6.07) is 5.93. The minimum atomic E-state index is -0.428. The second-order valence-electron chi connectivity index (χ2n) is 3.20. The molecular formula is C11H15BrO2S. The maximum Gasteiger partial charge on any atom is 0.0772 e. The summed E-state index contributed by atoms with van der Waals surface area (Å²) in [6.07, 6.45) is -0.428. The van der Waals surface area contributed by atoms with Crippen LogP contribution in [0.4, 0.5) is 0 Å². The zero-order valence-corrected chi connectivity index (χ0v) is 11.3. The lowest BCUT2D eigenvalue weighted by atomic mass is 10.1. The molecule has 0 fully saturated rings. The molecule has 1 unspecified atom stereocenters. The van der Waals surface area contributed by atoms with Crippen LogP contribution in [0.5, 0.6) is 0 Å². The van der Waals surface area contributed by atoms with Gasteiger partial charge >= 0.3 is 0 Å². The molecule has 0 aliphatic carbocycles. The van der Waals surface area contributed by atoms with Crippen LogP contribution >= 0.6 is 27.7 Å². The maximum absolute atomic E-state index is 9.59. The van der Waals surface area contributed by atoms with Crippen molar-refractivity contribution in [2.75, 3.05) is 19.5 Å². The van der Waals surface area contributed by atoms with Gasteiger partial charge in [-0.25, -0.2) is 0 Å². The number of thioether (sulfide) groups is 1.